The molecule has 0 unspecified atom stereocenters. The van der Waals surface area contributed by atoms with Gasteiger partial charge in [0.05, 0.1) is 6.10 Å². The van der Waals surface area contributed by atoms with Gasteiger partial charge in [-0.15, -0.1) is 0 Å². The highest BCUT2D eigenvalue weighted by atomic mass is 16.5. The number of carbonyl (C=O) groups excluding carboxylic acids is 1. The lowest BCUT2D eigenvalue weighted by atomic mass is 10.1. The summed E-state index contributed by atoms with van der Waals surface area (Å²) in [5.41, 5.74) is 1.25. The lowest BCUT2D eigenvalue weighted by molar-refractivity contribution is -0.121. The van der Waals surface area contributed by atoms with Crippen LogP contribution in [0.15, 0.2) is 24.3 Å². The van der Waals surface area contributed by atoms with Gasteiger partial charge in [0.1, 0.15) is 5.75 Å². The van der Waals surface area contributed by atoms with E-state index in [0.29, 0.717) is 19.1 Å². The van der Waals surface area contributed by atoms with Crippen LogP contribution in [0.25, 0.3) is 0 Å². The molecule has 0 radical (unpaired) electrons. The summed E-state index contributed by atoms with van der Waals surface area (Å²) in [7, 11) is 0. The molecule has 2 rings (SSSR count). The Balaban J connectivity index is 1.68. The summed E-state index contributed by atoms with van der Waals surface area (Å²) in [4.78, 5) is 11.9. The Morgan fingerprint density at radius 1 is 1.21 bits per heavy atom. The van der Waals surface area contributed by atoms with Gasteiger partial charge < -0.3 is 15.4 Å². The smallest absolute Gasteiger partial charge is 0.220 e. The maximum Gasteiger partial charge on any atom is 0.220 e. The zero-order valence-electron chi connectivity index (χ0n) is 15.4. The average Bonchev–Trinajstić information content (AvgIpc) is 3.02. The Morgan fingerprint density at radius 2 is 1.96 bits per heavy atom. The second-order valence-electron chi connectivity index (χ2n) is 7.70. The molecule has 24 heavy (non-hydrogen) atoms. The van der Waals surface area contributed by atoms with Gasteiger partial charge in [-0.3, -0.25) is 4.79 Å². The maximum atomic E-state index is 11.9. The van der Waals surface area contributed by atoms with Crippen molar-refractivity contribution in [2.75, 3.05) is 13.1 Å². The Morgan fingerprint density at radius 3 is 2.67 bits per heavy atom. The molecule has 1 aromatic carbocycles. The number of nitrogens with one attached hydrogen (secondary N) is 2. The number of aryl methyl sites for hydroxylation is 1. The van der Waals surface area contributed by atoms with E-state index in [1.54, 1.807) is 0 Å². The Hall–Kier alpha value is -1.55. The normalized spacial score (nSPS) is 15.5. The van der Waals surface area contributed by atoms with Gasteiger partial charge in [0.15, 0.2) is 0 Å². The molecule has 0 atom stereocenters. The second kappa shape index (κ2) is 9.07. The van der Waals surface area contributed by atoms with Crippen molar-refractivity contribution in [2.24, 2.45) is 0 Å². The van der Waals surface area contributed by atoms with Crippen LogP contribution in [0.3, 0.4) is 0 Å². The summed E-state index contributed by atoms with van der Waals surface area (Å²) in [6, 6.07) is 8.17. The third-order valence-electron chi connectivity index (χ3n) is 4.25. The fourth-order valence-electron chi connectivity index (χ4n) is 2.96. The van der Waals surface area contributed by atoms with Crippen molar-refractivity contribution in [3.05, 3.63) is 29.8 Å². The summed E-state index contributed by atoms with van der Waals surface area (Å²) < 4.78 is 6.03. The predicted molar refractivity (Wildman–Crippen MR) is 98.4 cm³/mol. The van der Waals surface area contributed by atoms with Crippen LogP contribution in [0.1, 0.15) is 58.4 Å². The van der Waals surface area contributed by atoms with Gasteiger partial charge in [-0.2, -0.15) is 0 Å². The van der Waals surface area contributed by atoms with Crippen LogP contribution in [0, 0.1) is 0 Å². The summed E-state index contributed by atoms with van der Waals surface area (Å²) >= 11 is 0. The van der Waals surface area contributed by atoms with Gasteiger partial charge in [0.25, 0.3) is 0 Å². The molecule has 134 valence electrons. The molecular weight excluding hydrogens is 300 g/mol. The number of carbonyl (C=O) groups is 1. The minimum Gasteiger partial charge on any atom is -0.490 e. The third kappa shape index (κ3) is 7.35. The molecule has 1 amide bonds. The summed E-state index contributed by atoms with van der Waals surface area (Å²) in [6.45, 7) is 7.82. The number of amides is 1. The van der Waals surface area contributed by atoms with E-state index in [4.69, 9.17) is 4.74 Å². The van der Waals surface area contributed by atoms with Crippen LogP contribution in [-0.2, 0) is 11.2 Å². The van der Waals surface area contributed by atoms with Crippen molar-refractivity contribution in [1.82, 2.24) is 10.6 Å². The molecule has 0 aromatic heterocycles. The lowest BCUT2D eigenvalue weighted by Gasteiger charge is -2.20. The molecule has 0 aliphatic heterocycles. The number of hydrogen-bond donors (Lipinski definition) is 2. The Labute approximate surface area is 146 Å². The van der Waals surface area contributed by atoms with Crippen molar-refractivity contribution >= 4 is 5.91 Å². The standard InChI is InChI=1S/C20H32N2O2/c1-20(2,3)22-14-13-21-19(23)12-11-16-7-6-10-18(15-16)24-17-8-4-5-9-17/h6-7,10,15,17,22H,4-5,8-9,11-14H2,1-3H3,(H,21,23). The number of ether oxygens (including phenoxy) is 1. The van der Waals surface area contributed by atoms with Crippen LogP contribution in [0.2, 0.25) is 0 Å². The van der Waals surface area contributed by atoms with E-state index < -0.39 is 0 Å². The highest BCUT2D eigenvalue weighted by Gasteiger charge is 2.16. The molecule has 0 spiro atoms. The summed E-state index contributed by atoms with van der Waals surface area (Å²) in [6.07, 6.45) is 6.51. The van der Waals surface area contributed by atoms with E-state index in [2.05, 4.69) is 43.5 Å². The van der Waals surface area contributed by atoms with Crippen LogP contribution in [0.5, 0.6) is 5.75 Å². The quantitative estimate of drug-likeness (QED) is 0.717. The van der Waals surface area contributed by atoms with E-state index >= 15 is 0 Å². The van der Waals surface area contributed by atoms with Crippen LogP contribution in [-0.4, -0.2) is 30.6 Å². The largest absolute Gasteiger partial charge is 0.490 e. The molecule has 4 nitrogen and oxygen atoms in total. The molecule has 0 heterocycles. The van der Waals surface area contributed by atoms with E-state index in [1.807, 2.05) is 12.1 Å². The SMILES string of the molecule is CC(C)(C)NCCNC(=O)CCc1cccc(OC2CCCC2)c1. The maximum absolute atomic E-state index is 11.9. The van der Waals surface area contributed by atoms with E-state index in [9.17, 15) is 4.79 Å². The fourth-order valence-corrected chi connectivity index (χ4v) is 2.96. The molecule has 1 aromatic rings. The Bertz CT molecular complexity index is 517. The summed E-state index contributed by atoms with van der Waals surface area (Å²) in [5.74, 6) is 1.04. The number of rotatable bonds is 8. The monoisotopic (exact) mass is 332 g/mol. The van der Waals surface area contributed by atoms with E-state index in [1.165, 1.54) is 12.8 Å². The average molecular weight is 332 g/mol. The van der Waals surface area contributed by atoms with E-state index in [0.717, 1.165) is 37.1 Å². The molecule has 1 aliphatic rings. The molecule has 1 fully saturated rings. The Kier molecular flexibility index (Phi) is 7.10. The highest BCUT2D eigenvalue weighted by Crippen LogP contribution is 2.24. The van der Waals surface area contributed by atoms with Crippen molar-refractivity contribution < 1.29 is 9.53 Å². The zero-order valence-corrected chi connectivity index (χ0v) is 15.4. The van der Waals surface area contributed by atoms with Crippen LogP contribution < -0.4 is 15.4 Å². The first-order chi connectivity index (χ1) is 11.4. The predicted octanol–water partition coefficient (Wildman–Crippen LogP) is 3.44. The van der Waals surface area contributed by atoms with Gasteiger partial charge >= 0.3 is 0 Å². The van der Waals surface area contributed by atoms with Gasteiger partial charge in [0, 0.05) is 25.0 Å². The van der Waals surface area contributed by atoms with Gasteiger partial charge in [0.2, 0.25) is 5.91 Å². The zero-order chi connectivity index (χ0) is 17.4. The molecular formula is C20H32N2O2. The van der Waals surface area contributed by atoms with Crippen LogP contribution in [0.4, 0.5) is 0 Å². The fraction of sp³-hybridized carbons (Fsp3) is 0.650. The van der Waals surface area contributed by atoms with Crippen LogP contribution >= 0.6 is 0 Å². The number of benzene rings is 1. The minimum absolute atomic E-state index is 0.0878. The second-order valence-corrected chi connectivity index (χ2v) is 7.70. The van der Waals surface area contributed by atoms with Gasteiger partial charge in [-0.25, -0.2) is 0 Å². The third-order valence-corrected chi connectivity index (χ3v) is 4.25. The van der Waals surface area contributed by atoms with Crippen molar-refractivity contribution in [3.8, 4) is 5.75 Å². The van der Waals surface area contributed by atoms with Crippen molar-refractivity contribution in [2.45, 2.75) is 70.9 Å². The summed E-state index contributed by atoms with van der Waals surface area (Å²) in [5, 5.41) is 6.33. The molecule has 4 heteroatoms. The lowest BCUT2D eigenvalue weighted by Crippen LogP contribution is -2.41. The highest BCUT2D eigenvalue weighted by molar-refractivity contribution is 5.76. The minimum atomic E-state index is 0.0878. The molecule has 1 aliphatic carbocycles. The van der Waals surface area contributed by atoms with Gasteiger partial charge in [-0.1, -0.05) is 12.1 Å². The molecule has 0 saturated heterocycles. The molecule has 0 bridgehead atoms. The molecule has 1 saturated carbocycles. The topological polar surface area (TPSA) is 50.4 Å². The first-order valence-corrected chi connectivity index (χ1v) is 9.20. The van der Waals surface area contributed by atoms with Crippen molar-refractivity contribution in [3.63, 3.8) is 0 Å². The van der Waals surface area contributed by atoms with Crippen molar-refractivity contribution in [1.29, 1.82) is 0 Å². The first-order valence-electron chi connectivity index (χ1n) is 9.20. The van der Waals surface area contributed by atoms with Gasteiger partial charge in [-0.05, 0) is 70.6 Å². The van der Waals surface area contributed by atoms with E-state index in [-0.39, 0.29) is 11.4 Å². The number of hydrogen-bond acceptors (Lipinski definition) is 3. The first kappa shape index (κ1) is 18.8. The molecule has 2 N–H and O–H groups in total.